The van der Waals surface area contributed by atoms with E-state index >= 15 is 0 Å². The van der Waals surface area contributed by atoms with Gasteiger partial charge in [-0.05, 0) is 30.7 Å². The van der Waals surface area contributed by atoms with Crippen LogP contribution < -0.4 is 20.1 Å². The Kier molecular flexibility index (Phi) is 4.24. The van der Waals surface area contributed by atoms with Gasteiger partial charge in [0.25, 0.3) is 0 Å². The molecule has 6 nitrogen and oxygen atoms in total. The van der Waals surface area contributed by atoms with Gasteiger partial charge in [0, 0.05) is 12.7 Å². The SMILES string of the molecule is CNc1ncnc(Nc2ccc(OC)cc2C)c1OC. The molecule has 0 aliphatic heterocycles. The van der Waals surface area contributed by atoms with Crippen LogP contribution in [0.4, 0.5) is 17.3 Å². The van der Waals surface area contributed by atoms with Gasteiger partial charge in [0.1, 0.15) is 12.1 Å². The van der Waals surface area contributed by atoms with E-state index in [4.69, 9.17) is 9.47 Å². The summed E-state index contributed by atoms with van der Waals surface area (Å²) in [7, 11) is 5.02. The zero-order chi connectivity index (χ0) is 14.5. The summed E-state index contributed by atoms with van der Waals surface area (Å²) in [5, 5.41) is 6.22. The van der Waals surface area contributed by atoms with Crippen LogP contribution in [-0.4, -0.2) is 31.2 Å². The summed E-state index contributed by atoms with van der Waals surface area (Å²) in [4.78, 5) is 8.33. The minimum absolute atomic E-state index is 0.574. The summed E-state index contributed by atoms with van der Waals surface area (Å²) in [6.45, 7) is 2.00. The lowest BCUT2D eigenvalue weighted by Crippen LogP contribution is -2.04. The maximum atomic E-state index is 5.35. The molecule has 0 saturated heterocycles. The van der Waals surface area contributed by atoms with Crippen molar-refractivity contribution in [2.24, 2.45) is 0 Å². The van der Waals surface area contributed by atoms with Crippen LogP contribution in [0.3, 0.4) is 0 Å². The molecule has 0 saturated carbocycles. The Balaban J connectivity index is 2.35. The third-order valence-electron chi connectivity index (χ3n) is 2.93. The minimum Gasteiger partial charge on any atom is -0.497 e. The molecule has 0 amide bonds. The second-order valence-electron chi connectivity index (χ2n) is 4.16. The molecule has 0 radical (unpaired) electrons. The predicted molar refractivity (Wildman–Crippen MR) is 79.1 cm³/mol. The highest BCUT2D eigenvalue weighted by atomic mass is 16.5. The summed E-state index contributed by atoms with van der Waals surface area (Å²) in [6.07, 6.45) is 1.48. The highest BCUT2D eigenvalue weighted by molar-refractivity contribution is 5.71. The topological polar surface area (TPSA) is 68.3 Å². The average Bonchev–Trinajstić information content (AvgIpc) is 2.48. The number of benzene rings is 1. The number of nitrogens with one attached hydrogen (secondary N) is 2. The fourth-order valence-electron chi connectivity index (χ4n) is 1.87. The van der Waals surface area contributed by atoms with Gasteiger partial charge in [-0.2, -0.15) is 0 Å². The number of hydrogen-bond donors (Lipinski definition) is 2. The van der Waals surface area contributed by atoms with E-state index in [0.717, 1.165) is 17.0 Å². The molecule has 0 fully saturated rings. The monoisotopic (exact) mass is 274 g/mol. The van der Waals surface area contributed by atoms with E-state index < -0.39 is 0 Å². The van der Waals surface area contributed by atoms with Crippen LogP contribution in [0.2, 0.25) is 0 Å². The lowest BCUT2D eigenvalue weighted by molar-refractivity contribution is 0.414. The summed E-state index contributed by atoms with van der Waals surface area (Å²) in [6, 6.07) is 5.78. The minimum atomic E-state index is 0.574. The molecule has 0 aliphatic carbocycles. The van der Waals surface area contributed by atoms with E-state index in [1.54, 1.807) is 21.3 Å². The van der Waals surface area contributed by atoms with E-state index in [1.807, 2.05) is 25.1 Å². The Morgan fingerprint density at radius 1 is 1.05 bits per heavy atom. The molecule has 0 aliphatic rings. The molecule has 2 aromatic rings. The summed E-state index contributed by atoms with van der Waals surface area (Å²) in [5.74, 6) is 2.64. The second kappa shape index (κ2) is 6.10. The summed E-state index contributed by atoms with van der Waals surface area (Å²) < 4.78 is 10.5. The smallest absolute Gasteiger partial charge is 0.204 e. The van der Waals surface area contributed by atoms with Gasteiger partial charge in [0.15, 0.2) is 11.6 Å². The van der Waals surface area contributed by atoms with Gasteiger partial charge in [-0.1, -0.05) is 0 Å². The Hall–Kier alpha value is -2.50. The van der Waals surface area contributed by atoms with Crippen molar-refractivity contribution in [1.29, 1.82) is 0 Å². The number of methoxy groups -OCH3 is 2. The highest BCUT2D eigenvalue weighted by Crippen LogP contribution is 2.32. The largest absolute Gasteiger partial charge is 0.497 e. The van der Waals surface area contributed by atoms with Crippen LogP contribution in [-0.2, 0) is 0 Å². The maximum absolute atomic E-state index is 5.35. The van der Waals surface area contributed by atoms with Crippen LogP contribution >= 0.6 is 0 Å². The Bertz CT molecular complexity index is 602. The zero-order valence-corrected chi connectivity index (χ0v) is 12.0. The number of nitrogens with zero attached hydrogens (tertiary/aromatic N) is 2. The summed E-state index contributed by atoms with van der Waals surface area (Å²) in [5.41, 5.74) is 1.99. The number of ether oxygens (including phenoxy) is 2. The zero-order valence-electron chi connectivity index (χ0n) is 12.0. The Morgan fingerprint density at radius 3 is 2.40 bits per heavy atom. The first-order valence-electron chi connectivity index (χ1n) is 6.18. The highest BCUT2D eigenvalue weighted by Gasteiger charge is 2.12. The van der Waals surface area contributed by atoms with E-state index in [9.17, 15) is 0 Å². The van der Waals surface area contributed by atoms with Crippen molar-refractivity contribution in [3.63, 3.8) is 0 Å². The third kappa shape index (κ3) is 2.74. The van der Waals surface area contributed by atoms with E-state index in [2.05, 4.69) is 20.6 Å². The lowest BCUT2D eigenvalue weighted by atomic mass is 10.2. The van der Waals surface area contributed by atoms with E-state index in [0.29, 0.717) is 17.4 Å². The molecular formula is C14H18N4O2. The fraction of sp³-hybridized carbons (Fsp3) is 0.286. The van der Waals surface area contributed by atoms with Crippen molar-refractivity contribution in [3.8, 4) is 11.5 Å². The number of aromatic nitrogens is 2. The van der Waals surface area contributed by atoms with Crippen molar-refractivity contribution < 1.29 is 9.47 Å². The van der Waals surface area contributed by atoms with Gasteiger partial charge in [-0.3, -0.25) is 0 Å². The molecule has 2 rings (SSSR count). The van der Waals surface area contributed by atoms with Crippen molar-refractivity contribution in [3.05, 3.63) is 30.1 Å². The predicted octanol–water partition coefficient (Wildman–Crippen LogP) is 2.59. The molecule has 0 bridgehead atoms. The molecule has 2 N–H and O–H groups in total. The van der Waals surface area contributed by atoms with E-state index in [-0.39, 0.29) is 0 Å². The van der Waals surface area contributed by atoms with Crippen molar-refractivity contribution >= 4 is 17.3 Å². The average molecular weight is 274 g/mol. The first-order chi connectivity index (χ1) is 9.69. The quantitative estimate of drug-likeness (QED) is 0.873. The third-order valence-corrected chi connectivity index (χ3v) is 2.93. The van der Waals surface area contributed by atoms with Gasteiger partial charge < -0.3 is 20.1 Å². The van der Waals surface area contributed by atoms with Crippen LogP contribution in [0.1, 0.15) is 5.56 Å². The fourth-order valence-corrected chi connectivity index (χ4v) is 1.87. The first-order valence-corrected chi connectivity index (χ1v) is 6.18. The normalized spacial score (nSPS) is 10.0. The van der Waals surface area contributed by atoms with Crippen LogP contribution in [0, 0.1) is 6.92 Å². The molecule has 20 heavy (non-hydrogen) atoms. The van der Waals surface area contributed by atoms with Gasteiger partial charge in [0.2, 0.25) is 5.75 Å². The van der Waals surface area contributed by atoms with Gasteiger partial charge >= 0.3 is 0 Å². The molecule has 0 spiro atoms. The standard InChI is InChI=1S/C14H18N4O2/c1-9-7-10(19-3)5-6-11(9)18-14-12(20-4)13(15-2)16-8-17-14/h5-8H,1-4H3,(H2,15,16,17,18). The van der Waals surface area contributed by atoms with Gasteiger partial charge in [0.05, 0.1) is 14.2 Å². The molecule has 1 aromatic heterocycles. The van der Waals surface area contributed by atoms with Crippen LogP contribution in [0.5, 0.6) is 11.5 Å². The molecule has 106 valence electrons. The Labute approximate surface area is 118 Å². The van der Waals surface area contributed by atoms with E-state index in [1.165, 1.54) is 6.33 Å². The lowest BCUT2D eigenvalue weighted by Gasteiger charge is -2.14. The number of hydrogen-bond acceptors (Lipinski definition) is 6. The van der Waals surface area contributed by atoms with Gasteiger partial charge in [-0.25, -0.2) is 9.97 Å². The molecule has 1 aromatic carbocycles. The molecule has 0 atom stereocenters. The molecule has 6 heteroatoms. The van der Waals surface area contributed by atoms with Crippen molar-refractivity contribution in [2.45, 2.75) is 6.92 Å². The Morgan fingerprint density at radius 2 is 1.80 bits per heavy atom. The van der Waals surface area contributed by atoms with Crippen LogP contribution in [0.25, 0.3) is 0 Å². The maximum Gasteiger partial charge on any atom is 0.204 e. The molecule has 0 unspecified atom stereocenters. The summed E-state index contributed by atoms with van der Waals surface area (Å²) >= 11 is 0. The van der Waals surface area contributed by atoms with Crippen molar-refractivity contribution in [1.82, 2.24) is 9.97 Å². The number of aryl methyl sites for hydroxylation is 1. The molecular weight excluding hydrogens is 256 g/mol. The first kappa shape index (κ1) is 13.9. The second-order valence-corrected chi connectivity index (χ2v) is 4.16. The van der Waals surface area contributed by atoms with Crippen LogP contribution in [0.15, 0.2) is 24.5 Å². The molecule has 1 heterocycles. The van der Waals surface area contributed by atoms with Gasteiger partial charge in [-0.15, -0.1) is 0 Å². The number of anilines is 3. The number of rotatable bonds is 5. The van der Waals surface area contributed by atoms with Crippen molar-refractivity contribution in [2.75, 3.05) is 31.9 Å².